The number of amides is 1. The Hall–Kier alpha value is -3.36. The second-order valence-electron chi connectivity index (χ2n) is 11.1. The van der Waals surface area contributed by atoms with Crippen LogP contribution in [0.3, 0.4) is 0 Å². The molecule has 4 fully saturated rings. The molecule has 0 radical (unpaired) electrons. The smallest absolute Gasteiger partial charge is 0.269 e. The molecule has 2 aromatic carbocycles. The molecule has 8 nitrogen and oxygen atoms in total. The summed E-state index contributed by atoms with van der Waals surface area (Å²) in [5.41, 5.74) is 5.49. The first-order valence-corrected chi connectivity index (χ1v) is 12.8. The summed E-state index contributed by atoms with van der Waals surface area (Å²) >= 11 is 0. The van der Waals surface area contributed by atoms with Crippen LogP contribution in [0, 0.1) is 22.0 Å². The molecular weight excluding hydrogens is 456 g/mol. The lowest BCUT2D eigenvalue weighted by molar-refractivity contribution is -0.384. The Morgan fingerprint density at radius 3 is 2.89 bits per heavy atom. The first kappa shape index (κ1) is 20.8. The Bertz CT molecular complexity index is 1380. The van der Waals surface area contributed by atoms with Crippen molar-refractivity contribution in [1.29, 1.82) is 0 Å². The van der Waals surface area contributed by atoms with E-state index in [2.05, 4.69) is 28.0 Å². The fourth-order valence-corrected chi connectivity index (χ4v) is 8.45. The van der Waals surface area contributed by atoms with Crippen molar-refractivity contribution in [3.63, 3.8) is 0 Å². The topological polar surface area (TPSA) is 88.3 Å². The van der Waals surface area contributed by atoms with Crippen LogP contribution in [0.1, 0.15) is 30.4 Å². The summed E-state index contributed by atoms with van der Waals surface area (Å²) in [6.45, 7) is 2.70. The van der Waals surface area contributed by atoms with Gasteiger partial charge < -0.3 is 9.64 Å². The van der Waals surface area contributed by atoms with Gasteiger partial charge in [-0.1, -0.05) is 11.6 Å². The Morgan fingerprint density at radius 2 is 2.06 bits per heavy atom. The van der Waals surface area contributed by atoms with Crippen LogP contribution in [0.5, 0.6) is 0 Å². The molecule has 6 atom stereocenters. The predicted octanol–water partition coefficient (Wildman–Crippen LogP) is 3.75. The molecular formula is C28H26N4O4. The lowest BCUT2D eigenvalue weighted by Gasteiger charge is -2.58. The van der Waals surface area contributed by atoms with Gasteiger partial charge in [-0.3, -0.25) is 24.8 Å². The van der Waals surface area contributed by atoms with E-state index in [-0.39, 0.29) is 29.2 Å². The van der Waals surface area contributed by atoms with Crippen LogP contribution in [-0.4, -0.2) is 59.8 Å². The zero-order chi connectivity index (χ0) is 24.2. The minimum absolute atomic E-state index is 0.00332. The van der Waals surface area contributed by atoms with E-state index >= 15 is 0 Å². The minimum Gasteiger partial charge on any atom is -0.373 e. The van der Waals surface area contributed by atoms with Gasteiger partial charge in [-0.05, 0) is 66.8 Å². The van der Waals surface area contributed by atoms with E-state index in [9.17, 15) is 14.9 Å². The van der Waals surface area contributed by atoms with Crippen LogP contribution in [0.25, 0.3) is 0 Å². The number of rotatable bonds is 3. The molecule has 8 heteroatoms. The maximum Gasteiger partial charge on any atom is 0.269 e. The van der Waals surface area contributed by atoms with Gasteiger partial charge >= 0.3 is 0 Å². The van der Waals surface area contributed by atoms with Crippen molar-refractivity contribution < 1.29 is 14.5 Å². The van der Waals surface area contributed by atoms with E-state index in [1.54, 1.807) is 18.3 Å². The number of nitrogens with zero attached hydrogens (tertiary/aromatic N) is 4. The summed E-state index contributed by atoms with van der Waals surface area (Å²) in [5.74, 6) is 1.02. The molecule has 0 N–H and O–H groups in total. The summed E-state index contributed by atoms with van der Waals surface area (Å²) in [6, 6.07) is 13.3. The average Bonchev–Trinajstić information content (AvgIpc) is 3.35. The zero-order valence-electron chi connectivity index (χ0n) is 19.7. The first-order valence-electron chi connectivity index (χ1n) is 12.8. The highest BCUT2D eigenvalue weighted by Gasteiger charge is 2.71. The second-order valence-corrected chi connectivity index (χ2v) is 11.1. The van der Waals surface area contributed by atoms with E-state index in [4.69, 9.17) is 9.73 Å². The van der Waals surface area contributed by atoms with Gasteiger partial charge in [0.05, 0.1) is 35.8 Å². The Balaban J connectivity index is 1.23. The van der Waals surface area contributed by atoms with E-state index in [0.29, 0.717) is 30.9 Å². The number of piperidine rings is 2. The van der Waals surface area contributed by atoms with Crippen molar-refractivity contribution >= 4 is 29.2 Å². The second kappa shape index (κ2) is 7.11. The standard InChI is InChI=1S/C28H26N4O4/c33-25-13-23-26-20-12-24-28(8-9-30(24)15-17(20)7-10-36-23)21-11-18(3-6-22(21)31(25)27(26)28)29-14-16-1-4-19(5-2-16)32(34)35/h1-7,11,14,20,23-24,26-27H,8-10,12-13,15H2/t20-,23-,24-,26-,27-,28+/m1/s1. The summed E-state index contributed by atoms with van der Waals surface area (Å²) in [6.07, 6.45) is 6.70. The fourth-order valence-electron chi connectivity index (χ4n) is 8.45. The molecule has 8 rings (SSSR count). The van der Waals surface area contributed by atoms with Crippen molar-refractivity contribution in [1.82, 2.24) is 4.90 Å². The molecule has 36 heavy (non-hydrogen) atoms. The van der Waals surface area contributed by atoms with Crippen LogP contribution >= 0.6 is 0 Å². The molecule has 182 valence electrons. The number of anilines is 1. The third-order valence-corrected chi connectivity index (χ3v) is 9.76. The van der Waals surface area contributed by atoms with Gasteiger partial charge in [-0.2, -0.15) is 0 Å². The number of carbonyl (C=O) groups excluding carboxylic acids is 1. The minimum atomic E-state index is -0.399. The molecule has 5 aliphatic heterocycles. The van der Waals surface area contributed by atoms with Crippen molar-refractivity contribution in [2.24, 2.45) is 16.8 Å². The first-order chi connectivity index (χ1) is 17.5. The lowest BCUT2D eigenvalue weighted by Crippen LogP contribution is -2.69. The van der Waals surface area contributed by atoms with E-state index in [1.807, 2.05) is 6.07 Å². The summed E-state index contributed by atoms with van der Waals surface area (Å²) in [4.78, 5) is 33.6. The van der Waals surface area contributed by atoms with Gasteiger partial charge in [0, 0.05) is 48.0 Å². The number of carbonyl (C=O) groups is 1. The molecule has 5 heterocycles. The third kappa shape index (κ3) is 2.56. The summed E-state index contributed by atoms with van der Waals surface area (Å²) in [7, 11) is 0. The van der Waals surface area contributed by atoms with Gasteiger partial charge in [0.15, 0.2) is 0 Å². The number of aliphatic imine (C=N–C) groups is 1. The van der Waals surface area contributed by atoms with Crippen molar-refractivity contribution in [2.75, 3.05) is 24.6 Å². The van der Waals surface area contributed by atoms with Crippen LogP contribution in [0.2, 0.25) is 0 Å². The monoisotopic (exact) mass is 482 g/mol. The number of ether oxygens (including phenoxy) is 1. The van der Waals surface area contributed by atoms with E-state index < -0.39 is 4.92 Å². The molecule has 1 spiro atoms. The largest absolute Gasteiger partial charge is 0.373 e. The maximum absolute atomic E-state index is 13.6. The highest BCUT2D eigenvalue weighted by Crippen LogP contribution is 2.66. The number of benzene rings is 2. The number of hydrogen-bond donors (Lipinski definition) is 0. The molecule has 2 bridgehead atoms. The fraction of sp³-hybridized carbons (Fsp3) is 0.429. The lowest BCUT2D eigenvalue weighted by atomic mass is 9.53. The molecule has 1 aliphatic carbocycles. The molecule has 0 aromatic heterocycles. The van der Waals surface area contributed by atoms with Gasteiger partial charge in [-0.15, -0.1) is 0 Å². The van der Waals surface area contributed by atoms with Gasteiger partial charge in [0.2, 0.25) is 5.91 Å². The average molecular weight is 483 g/mol. The summed E-state index contributed by atoms with van der Waals surface area (Å²) < 4.78 is 6.32. The van der Waals surface area contributed by atoms with Crippen LogP contribution in [-0.2, 0) is 14.9 Å². The SMILES string of the molecule is O=C1C[C@H]2OCC=C3CN4CC[C@@]56c7cc(N=Cc8ccc([N+](=O)[O-])cc8)ccc7N1[C@@H]5[C@@H]2[C@@H]3C[C@@H]46. The van der Waals surface area contributed by atoms with Gasteiger partial charge in [-0.25, -0.2) is 0 Å². The molecule has 1 saturated carbocycles. The van der Waals surface area contributed by atoms with Gasteiger partial charge in [0.1, 0.15) is 0 Å². The van der Waals surface area contributed by atoms with Gasteiger partial charge in [0.25, 0.3) is 5.69 Å². The highest BCUT2D eigenvalue weighted by atomic mass is 16.6. The quantitative estimate of drug-likeness (QED) is 0.288. The molecule has 1 amide bonds. The van der Waals surface area contributed by atoms with Crippen LogP contribution in [0.15, 0.2) is 59.1 Å². The van der Waals surface area contributed by atoms with Crippen molar-refractivity contribution in [3.05, 3.63) is 75.4 Å². The summed E-state index contributed by atoms with van der Waals surface area (Å²) in [5, 5.41) is 10.9. The van der Waals surface area contributed by atoms with Crippen molar-refractivity contribution in [2.45, 2.75) is 42.9 Å². The molecule has 0 unspecified atom stereocenters. The van der Waals surface area contributed by atoms with E-state index in [0.717, 1.165) is 42.9 Å². The number of nitro benzene ring substituents is 1. The molecule has 3 saturated heterocycles. The highest BCUT2D eigenvalue weighted by molar-refractivity contribution is 5.99. The normalized spacial score (nSPS) is 35.6. The Morgan fingerprint density at radius 1 is 1.19 bits per heavy atom. The van der Waals surface area contributed by atoms with Crippen molar-refractivity contribution in [3.8, 4) is 0 Å². The van der Waals surface area contributed by atoms with E-state index in [1.165, 1.54) is 23.3 Å². The van der Waals surface area contributed by atoms with Crippen LogP contribution in [0.4, 0.5) is 17.1 Å². The number of non-ortho nitro benzene ring substituents is 1. The van der Waals surface area contributed by atoms with Crippen LogP contribution < -0.4 is 4.90 Å². The Kier molecular flexibility index (Phi) is 4.11. The molecule has 6 aliphatic rings. The maximum atomic E-state index is 13.6. The predicted molar refractivity (Wildman–Crippen MR) is 134 cm³/mol. The zero-order valence-corrected chi connectivity index (χ0v) is 19.7. The third-order valence-electron chi connectivity index (χ3n) is 9.76. The number of fused-ring (bicyclic) bond motifs is 2. The number of nitro groups is 1. The molecule has 2 aromatic rings. The Labute approximate surface area is 208 Å². The number of hydrogen-bond acceptors (Lipinski definition) is 6.